The van der Waals surface area contributed by atoms with Crippen molar-refractivity contribution in [2.24, 2.45) is 0 Å². The van der Waals surface area contributed by atoms with Crippen LogP contribution in [0.3, 0.4) is 0 Å². The Morgan fingerprint density at radius 3 is 1.88 bits per heavy atom. The van der Waals surface area contributed by atoms with Gasteiger partial charge in [-0.2, -0.15) is 5.26 Å². The SMILES string of the molecule is CC#N.n1nnsn1. The molecule has 0 bridgehead atoms. The van der Waals surface area contributed by atoms with Gasteiger partial charge in [0.2, 0.25) is 0 Å². The monoisotopic (exact) mass is 129 g/mol. The summed E-state index contributed by atoms with van der Waals surface area (Å²) in [5.74, 6) is 0. The predicted molar refractivity (Wildman–Crippen MR) is 26.8 cm³/mol. The topological polar surface area (TPSA) is 75.3 Å². The van der Waals surface area contributed by atoms with Crippen LogP contribution in [0.2, 0.25) is 0 Å². The molecule has 0 aliphatic carbocycles. The van der Waals surface area contributed by atoms with Crippen molar-refractivity contribution >= 4 is 11.7 Å². The normalized spacial score (nSPS) is 6.00. The van der Waals surface area contributed by atoms with Crippen LogP contribution in [0.4, 0.5) is 0 Å². The summed E-state index contributed by atoms with van der Waals surface area (Å²) in [6.07, 6.45) is 0. The summed E-state index contributed by atoms with van der Waals surface area (Å²) in [6, 6.07) is 1.75. The molecule has 1 rings (SSSR count). The summed E-state index contributed by atoms with van der Waals surface area (Å²) in [5.41, 5.74) is 0. The number of nitrogens with zero attached hydrogens (tertiary/aromatic N) is 5. The van der Waals surface area contributed by atoms with Crippen LogP contribution in [0.15, 0.2) is 0 Å². The largest absolute Gasteiger partial charge is 0.199 e. The van der Waals surface area contributed by atoms with Gasteiger partial charge in [-0.25, -0.2) is 0 Å². The molecule has 6 heteroatoms. The first-order valence-corrected chi connectivity index (χ1v) is 2.42. The molecular formula is C2H3N5S. The number of hydrogen-bond acceptors (Lipinski definition) is 6. The minimum Gasteiger partial charge on any atom is -0.199 e. The fourth-order valence-corrected chi connectivity index (χ4v) is 0.245. The maximum absolute atomic E-state index is 7.32. The molecule has 0 aliphatic rings. The van der Waals surface area contributed by atoms with Crippen molar-refractivity contribution in [3.05, 3.63) is 0 Å². The van der Waals surface area contributed by atoms with E-state index in [2.05, 4.69) is 19.4 Å². The standard InChI is InChI=1S/C2H3N.N4S/c1-2-3;1-2-4-5-3-1/h1H3;. The number of nitriles is 1. The Balaban J connectivity index is 0.000000145. The second kappa shape index (κ2) is 5.91. The Morgan fingerprint density at radius 2 is 1.75 bits per heavy atom. The van der Waals surface area contributed by atoms with E-state index < -0.39 is 0 Å². The van der Waals surface area contributed by atoms with Crippen molar-refractivity contribution in [2.75, 3.05) is 0 Å². The molecule has 0 aromatic carbocycles. The highest BCUT2D eigenvalue weighted by atomic mass is 32.1. The Labute approximate surface area is 50.3 Å². The first kappa shape index (κ1) is 6.91. The van der Waals surface area contributed by atoms with E-state index in [1.165, 1.54) is 6.92 Å². The van der Waals surface area contributed by atoms with Gasteiger partial charge in [0.05, 0.1) is 6.07 Å². The fourth-order valence-electron chi connectivity index (χ4n) is 0.0816. The summed E-state index contributed by atoms with van der Waals surface area (Å²) in [7, 11) is 0. The molecule has 1 heterocycles. The zero-order valence-electron chi connectivity index (χ0n) is 4.14. The van der Waals surface area contributed by atoms with Crippen molar-refractivity contribution in [3.8, 4) is 6.07 Å². The highest BCUT2D eigenvalue weighted by molar-refractivity contribution is 6.98. The molecule has 0 N–H and O–H groups in total. The minimum absolute atomic E-state index is 0.991. The van der Waals surface area contributed by atoms with E-state index in [0.717, 1.165) is 11.7 Å². The molecule has 42 valence electrons. The summed E-state index contributed by atoms with van der Waals surface area (Å²) in [4.78, 5) is 0. The Hall–Kier alpha value is -1.09. The van der Waals surface area contributed by atoms with Crippen molar-refractivity contribution in [2.45, 2.75) is 6.92 Å². The highest BCUT2D eigenvalue weighted by Gasteiger charge is 1.64. The molecule has 0 spiro atoms. The molecule has 0 unspecified atom stereocenters. The Kier molecular flexibility index (Phi) is 5.10. The van der Waals surface area contributed by atoms with Gasteiger partial charge in [-0.05, 0) is 19.4 Å². The molecule has 8 heavy (non-hydrogen) atoms. The van der Waals surface area contributed by atoms with E-state index in [0.29, 0.717) is 0 Å². The van der Waals surface area contributed by atoms with Gasteiger partial charge in [0.1, 0.15) is 11.7 Å². The molecule has 0 radical (unpaired) electrons. The maximum Gasteiger partial charge on any atom is 0.115 e. The van der Waals surface area contributed by atoms with Gasteiger partial charge in [0, 0.05) is 6.92 Å². The molecule has 0 amide bonds. The third-order valence-corrected chi connectivity index (χ3v) is 0.478. The first-order valence-electron chi connectivity index (χ1n) is 1.69. The fraction of sp³-hybridized carbons (Fsp3) is 0.500. The molecule has 1 aromatic heterocycles. The number of rotatable bonds is 0. The van der Waals surface area contributed by atoms with Crippen LogP contribution in [0.25, 0.3) is 0 Å². The lowest BCUT2D eigenvalue weighted by molar-refractivity contribution is 0.881. The van der Waals surface area contributed by atoms with Gasteiger partial charge >= 0.3 is 0 Å². The van der Waals surface area contributed by atoms with E-state index in [4.69, 9.17) is 5.26 Å². The van der Waals surface area contributed by atoms with Crippen LogP contribution in [-0.2, 0) is 0 Å². The maximum atomic E-state index is 7.32. The second-order valence-corrected chi connectivity index (χ2v) is 1.14. The van der Waals surface area contributed by atoms with E-state index >= 15 is 0 Å². The van der Waals surface area contributed by atoms with Gasteiger partial charge in [-0.1, -0.05) is 0 Å². The summed E-state index contributed by atoms with van der Waals surface area (Å²) >= 11 is 0.991. The van der Waals surface area contributed by atoms with Crippen molar-refractivity contribution in [1.82, 2.24) is 19.4 Å². The lowest BCUT2D eigenvalue weighted by Gasteiger charge is -1.34. The average Bonchev–Trinajstić information content (AvgIpc) is 2.17. The zero-order valence-corrected chi connectivity index (χ0v) is 4.96. The number of aromatic nitrogens is 4. The van der Waals surface area contributed by atoms with Crippen molar-refractivity contribution in [3.63, 3.8) is 0 Å². The van der Waals surface area contributed by atoms with Crippen LogP contribution in [0.5, 0.6) is 0 Å². The van der Waals surface area contributed by atoms with E-state index in [9.17, 15) is 0 Å². The van der Waals surface area contributed by atoms with Crippen LogP contribution in [-0.4, -0.2) is 19.4 Å². The third kappa shape index (κ3) is 4.91. The van der Waals surface area contributed by atoms with E-state index in [1.54, 1.807) is 6.07 Å². The predicted octanol–water partition coefficient (Wildman–Crippen LogP) is -0.142. The second-order valence-electron chi connectivity index (χ2n) is 0.647. The molecule has 0 aliphatic heterocycles. The molecule has 0 fully saturated rings. The van der Waals surface area contributed by atoms with Crippen LogP contribution < -0.4 is 0 Å². The molecular weight excluding hydrogens is 126 g/mol. The first-order chi connectivity index (χ1) is 3.91. The summed E-state index contributed by atoms with van der Waals surface area (Å²) in [5, 5.41) is 13.6. The smallest absolute Gasteiger partial charge is 0.115 e. The van der Waals surface area contributed by atoms with Crippen LogP contribution in [0.1, 0.15) is 6.92 Å². The zero-order chi connectivity index (χ0) is 6.24. The Bertz CT molecular complexity index is 123. The van der Waals surface area contributed by atoms with Gasteiger partial charge < -0.3 is 0 Å². The van der Waals surface area contributed by atoms with Crippen LogP contribution >= 0.6 is 11.7 Å². The molecule has 0 saturated carbocycles. The van der Waals surface area contributed by atoms with Gasteiger partial charge in [0.25, 0.3) is 0 Å². The Morgan fingerprint density at radius 1 is 1.38 bits per heavy atom. The molecule has 1 aromatic rings. The van der Waals surface area contributed by atoms with E-state index in [1.807, 2.05) is 0 Å². The lowest BCUT2D eigenvalue weighted by Crippen LogP contribution is -1.64. The van der Waals surface area contributed by atoms with E-state index in [-0.39, 0.29) is 0 Å². The van der Waals surface area contributed by atoms with Crippen LogP contribution in [0, 0.1) is 11.3 Å². The summed E-state index contributed by atoms with van der Waals surface area (Å²) in [6.45, 7) is 1.43. The summed E-state index contributed by atoms with van der Waals surface area (Å²) < 4.78 is 6.58. The minimum atomic E-state index is 0.991. The molecule has 0 saturated heterocycles. The third-order valence-electron chi connectivity index (χ3n) is 0.186. The van der Waals surface area contributed by atoms with Gasteiger partial charge in [0.15, 0.2) is 0 Å². The lowest BCUT2D eigenvalue weighted by atomic mass is 11.0. The molecule has 0 atom stereocenters. The highest BCUT2D eigenvalue weighted by Crippen LogP contribution is 1.62. The number of hydrogen-bond donors (Lipinski definition) is 0. The average molecular weight is 129 g/mol. The van der Waals surface area contributed by atoms with Crippen molar-refractivity contribution < 1.29 is 0 Å². The van der Waals surface area contributed by atoms with Gasteiger partial charge in [-0.15, -0.1) is 0 Å². The molecule has 5 nitrogen and oxygen atoms in total. The van der Waals surface area contributed by atoms with Gasteiger partial charge in [-0.3, -0.25) is 0 Å². The van der Waals surface area contributed by atoms with Crippen molar-refractivity contribution in [1.29, 1.82) is 5.26 Å². The quantitative estimate of drug-likeness (QED) is 0.487.